The van der Waals surface area contributed by atoms with Crippen LogP contribution in [0.2, 0.25) is 0 Å². The van der Waals surface area contributed by atoms with Crippen LogP contribution in [0.25, 0.3) is 11.1 Å². The number of benzene rings is 1. The number of rotatable bonds is 3. The van der Waals surface area contributed by atoms with Gasteiger partial charge in [-0.2, -0.15) is 0 Å². The van der Waals surface area contributed by atoms with Crippen LogP contribution in [0.15, 0.2) is 22.6 Å². The number of carbonyl (C=O) groups is 1. The number of nitrogens with zero attached hydrogens (tertiary/aromatic N) is 2. The molecular formula is C14H17N3O2. The number of aryl methyl sites for hydroxylation is 1. The zero-order valence-corrected chi connectivity index (χ0v) is 11.0. The summed E-state index contributed by atoms with van der Waals surface area (Å²) in [6.07, 6.45) is 0. The normalized spacial score (nSPS) is 16.9. The quantitative estimate of drug-likeness (QED) is 0.840. The van der Waals surface area contributed by atoms with Crippen LogP contribution in [0.3, 0.4) is 0 Å². The third-order valence-electron chi connectivity index (χ3n) is 3.39. The van der Waals surface area contributed by atoms with Gasteiger partial charge in [0, 0.05) is 38.7 Å². The third kappa shape index (κ3) is 2.67. The van der Waals surface area contributed by atoms with Crippen molar-refractivity contribution in [1.29, 1.82) is 0 Å². The number of hydrogen-bond donors (Lipinski definition) is 1. The molecule has 100 valence electrons. The Morgan fingerprint density at radius 3 is 3.00 bits per heavy atom. The highest BCUT2D eigenvalue weighted by molar-refractivity contribution is 5.99. The first kappa shape index (κ1) is 12.3. The van der Waals surface area contributed by atoms with E-state index in [0.717, 1.165) is 31.7 Å². The van der Waals surface area contributed by atoms with E-state index in [1.165, 1.54) is 0 Å². The Kier molecular flexibility index (Phi) is 3.31. The topological polar surface area (TPSA) is 58.4 Å². The first-order chi connectivity index (χ1) is 9.22. The molecule has 1 fully saturated rings. The van der Waals surface area contributed by atoms with E-state index in [2.05, 4.69) is 15.2 Å². The van der Waals surface area contributed by atoms with Crippen LogP contribution in [-0.4, -0.2) is 48.4 Å². The Hall–Kier alpha value is -1.72. The van der Waals surface area contributed by atoms with Crippen molar-refractivity contribution >= 4 is 16.9 Å². The van der Waals surface area contributed by atoms with Crippen molar-refractivity contribution in [3.05, 3.63) is 29.7 Å². The number of hydrogen-bond acceptors (Lipinski definition) is 5. The van der Waals surface area contributed by atoms with Crippen LogP contribution in [0.1, 0.15) is 16.2 Å². The van der Waals surface area contributed by atoms with E-state index in [-0.39, 0.29) is 5.78 Å². The second-order valence-corrected chi connectivity index (χ2v) is 4.86. The van der Waals surface area contributed by atoms with Crippen molar-refractivity contribution < 1.29 is 9.21 Å². The van der Waals surface area contributed by atoms with Crippen LogP contribution in [-0.2, 0) is 0 Å². The molecule has 3 rings (SSSR count). The number of aromatic nitrogens is 1. The lowest BCUT2D eigenvalue weighted by molar-refractivity contribution is 0.0921. The molecule has 1 N–H and O–H groups in total. The van der Waals surface area contributed by atoms with Crippen LogP contribution in [0.4, 0.5) is 0 Å². The summed E-state index contributed by atoms with van der Waals surface area (Å²) < 4.78 is 5.46. The van der Waals surface area contributed by atoms with Gasteiger partial charge in [-0.1, -0.05) is 0 Å². The molecule has 0 spiro atoms. The second-order valence-electron chi connectivity index (χ2n) is 4.86. The minimum Gasteiger partial charge on any atom is -0.441 e. The van der Waals surface area contributed by atoms with E-state index in [4.69, 9.17) is 4.42 Å². The molecule has 5 nitrogen and oxygen atoms in total. The Morgan fingerprint density at radius 2 is 2.21 bits per heavy atom. The lowest BCUT2D eigenvalue weighted by Gasteiger charge is -2.26. The Bertz CT molecular complexity index is 600. The number of carbonyl (C=O) groups excluding carboxylic acids is 1. The molecular weight excluding hydrogens is 242 g/mol. The van der Waals surface area contributed by atoms with Gasteiger partial charge in [-0.05, 0) is 18.2 Å². The van der Waals surface area contributed by atoms with Gasteiger partial charge >= 0.3 is 0 Å². The molecule has 0 aliphatic carbocycles. The van der Waals surface area contributed by atoms with Gasteiger partial charge in [-0.25, -0.2) is 4.98 Å². The van der Waals surface area contributed by atoms with Gasteiger partial charge in [0.2, 0.25) is 0 Å². The van der Waals surface area contributed by atoms with Crippen molar-refractivity contribution in [3.63, 3.8) is 0 Å². The van der Waals surface area contributed by atoms with E-state index < -0.39 is 0 Å². The summed E-state index contributed by atoms with van der Waals surface area (Å²) in [5.74, 6) is 0.763. The molecule has 0 radical (unpaired) electrons. The lowest BCUT2D eigenvalue weighted by Crippen LogP contribution is -2.45. The summed E-state index contributed by atoms with van der Waals surface area (Å²) >= 11 is 0. The number of piperazine rings is 1. The molecule has 1 aromatic heterocycles. The first-order valence-electron chi connectivity index (χ1n) is 6.56. The molecule has 1 saturated heterocycles. The highest BCUT2D eigenvalue weighted by Gasteiger charge is 2.15. The predicted molar refractivity (Wildman–Crippen MR) is 72.4 cm³/mol. The SMILES string of the molecule is Cc1nc2ccc(C(=O)CN3CCNCC3)cc2o1. The van der Waals surface area contributed by atoms with E-state index in [1.54, 1.807) is 6.07 Å². The van der Waals surface area contributed by atoms with Crippen LogP contribution in [0.5, 0.6) is 0 Å². The molecule has 1 aliphatic rings. The second kappa shape index (κ2) is 5.11. The van der Waals surface area contributed by atoms with Gasteiger partial charge in [-0.3, -0.25) is 9.69 Å². The molecule has 0 saturated carbocycles. The minimum atomic E-state index is 0.137. The van der Waals surface area contributed by atoms with Gasteiger partial charge in [0.15, 0.2) is 17.3 Å². The Labute approximate surface area is 111 Å². The van der Waals surface area contributed by atoms with Crippen LogP contribution in [0, 0.1) is 6.92 Å². The molecule has 2 aromatic rings. The number of ketones is 1. The number of nitrogens with one attached hydrogen (secondary N) is 1. The largest absolute Gasteiger partial charge is 0.441 e. The van der Waals surface area contributed by atoms with E-state index in [0.29, 0.717) is 23.6 Å². The van der Waals surface area contributed by atoms with Crippen LogP contribution >= 0.6 is 0 Å². The van der Waals surface area contributed by atoms with Crippen LogP contribution < -0.4 is 5.32 Å². The molecule has 19 heavy (non-hydrogen) atoms. The summed E-state index contributed by atoms with van der Waals surface area (Å²) in [6, 6.07) is 5.46. The fourth-order valence-electron chi connectivity index (χ4n) is 2.38. The van der Waals surface area contributed by atoms with Gasteiger partial charge in [0.1, 0.15) is 5.52 Å². The maximum absolute atomic E-state index is 12.2. The number of oxazole rings is 1. The summed E-state index contributed by atoms with van der Waals surface area (Å²) in [4.78, 5) is 18.6. The molecule has 2 heterocycles. The average Bonchev–Trinajstić information content (AvgIpc) is 2.78. The Balaban J connectivity index is 1.76. The smallest absolute Gasteiger partial charge is 0.192 e. The summed E-state index contributed by atoms with van der Waals surface area (Å²) in [5, 5.41) is 3.28. The van der Waals surface area contributed by atoms with E-state index in [1.807, 2.05) is 19.1 Å². The van der Waals surface area contributed by atoms with Gasteiger partial charge in [0.05, 0.1) is 6.54 Å². The summed E-state index contributed by atoms with van der Waals surface area (Å²) in [6.45, 7) is 6.04. The average molecular weight is 259 g/mol. The Morgan fingerprint density at radius 1 is 1.42 bits per heavy atom. The van der Waals surface area contributed by atoms with Crippen molar-refractivity contribution in [2.24, 2.45) is 0 Å². The number of fused-ring (bicyclic) bond motifs is 1. The monoisotopic (exact) mass is 259 g/mol. The minimum absolute atomic E-state index is 0.137. The predicted octanol–water partition coefficient (Wildman–Crippen LogP) is 1.22. The highest BCUT2D eigenvalue weighted by Crippen LogP contribution is 2.17. The molecule has 0 unspecified atom stereocenters. The maximum atomic E-state index is 12.2. The van der Waals surface area contributed by atoms with Gasteiger partial charge in [-0.15, -0.1) is 0 Å². The fraction of sp³-hybridized carbons (Fsp3) is 0.429. The zero-order valence-electron chi connectivity index (χ0n) is 11.0. The third-order valence-corrected chi connectivity index (χ3v) is 3.39. The highest BCUT2D eigenvalue weighted by atomic mass is 16.3. The van der Waals surface area contributed by atoms with Crippen molar-refractivity contribution in [3.8, 4) is 0 Å². The first-order valence-corrected chi connectivity index (χ1v) is 6.56. The van der Waals surface area contributed by atoms with E-state index in [9.17, 15) is 4.79 Å². The summed E-state index contributed by atoms with van der Waals surface area (Å²) in [5.41, 5.74) is 2.18. The maximum Gasteiger partial charge on any atom is 0.192 e. The van der Waals surface area contributed by atoms with Crippen molar-refractivity contribution in [2.45, 2.75) is 6.92 Å². The standard InChI is InChI=1S/C14H17N3O2/c1-10-16-12-3-2-11(8-14(12)19-10)13(18)9-17-6-4-15-5-7-17/h2-3,8,15H,4-7,9H2,1H3. The zero-order chi connectivity index (χ0) is 13.2. The lowest BCUT2D eigenvalue weighted by atomic mass is 10.1. The van der Waals surface area contributed by atoms with Crippen molar-refractivity contribution in [2.75, 3.05) is 32.7 Å². The van der Waals surface area contributed by atoms with E-state index >= 15 is 0 Å². The molecule has 0 amide bonds. The van der Waals surface area contributed by atoms with Gasteiger partial charge in [0.25, 0.3) is 0 Å². The molecule has 0 bridgehead atoms. The summed E-state index contributed by atoms with van der Waals surface area (Å²) in [7, 11) is 0. The molecule has 1 aromatic carbocycles. The van der Waals surface area contributed by atoms with Gasteiger partial charge < -0.3 is 9.73 Å². The molecule has 0 atom stereocenters. The number of Topliss-reactive ketones (excluding diaryl/α,β-unsaturated/α-hetero) is 1. The fourth-order valence-corrected chi connectivity index (χ4v) is 2.38. The molecule has 5 heteroatoms. The molecule has 1 aliphatic heterocycles. The van der Waals surface area contributed by atoms with Crippen molar-refractivity contribution in [1.82, 2.24) is 15.2 Å².